The predicted octanol–water partition coefficient (Wildman–Crippen LogP) is -0.0225. The third-order valence-electron chi connectivity index (χ3n) is 0. The molecule has 0 saturated carbocycles. The van der Waals surface area contributed by atoms with Gasteiger partial charge in [-0.05, 0) is 0 Å². The van der Waals surface area contributed by atoms with E-state index in [4.69, 9.17) is 0 Å². The SMILES string of the molecule is [Cu].[Cu].[Cu].[Cu].[Zr].[Zr].[Zr].[Zr].[Zr]. The maximum Gasteiger partial charge on any atom is 0 e. The molecule has 0 aromatic rings. The molecular formula is Cu4Zr5. The van der Waals surface area contributed by atoms with Crippen LogP contribution in [0.1, 0.15) is 0 Å². The Morgan fingerprint density at radius 1 is 0.222 bits per heavy atom. The topological polar surface area (TPSA) is 0 Å². The molecule has 0 unspecified atom stereocenters. The molecule has 0 rings (SSSR count). The molecule has 9 heteroatoms. The smallest absolute Gasteiger partial charge is 0 e. The molecule has 0 heterocycles. The van der Waals surface area contributed by atoms with Crippen LogP contribution >= 0.6 is 0 Å². The summed E-state index contributed by atoms with van der Waals surface area (Å²) < 4.78 is 0. The average molecular weight is 710 g/mol. The van der Waals surface area contributed by atoms with Crippen LogP contribution in [-0.2, 0) is 199 Å². The number of hydrogen-bond donors (Lipinski definition) is 0. The van der Waals surface area contributed by atoms with Crippen molar-refractivity contribution in [3.63, 3.8) is 0 Å². The molecule has 0 spiro atoms. The Kier molecular flexibility index (Phi) is 537. The summed E-state index contributed by atoms with van der Waals surface area (Å²) in [6.45, 7) is 0. The zero-order chi connectivity index (χ0) is 0. The summed E-state index contributed by atoms with van der Waals surface area (Å²) in [5, 5.41) is 0. The van der Waals surface area contributed by atoms with Crippen LogP contribution in [-0.4, -0.2) is 0 Å². The molecule has 4 radical (unpaired) electrons. The van der Waals surface area contributed by atoms with Gasteiger partial charge in [0.1, 0.15) is 0 Å². The van der Waals surface area contributed by atoms with Gasteiger partial charge in [0.05, 0.1) is 0 Å². The summed E-state index contributed by atoms with van der Waals surface area (Å²) in [7, 11) is 0. The summed E-state index contributed by atoms with van der Waals surface area (Å²) in [5.41, 5.74) is 0. The van der Waals surface area contributed by atoms with Crippen LogP contribution in [0.2, 0.25) is 0 Å². The largest absolute Gasteiger partial charge is 0 e. The first kappa shape index (κ1) is 77.2. The van der Waals surface area contributed by atoms with E-state index in [0.717, 1.165) is 0 Å². The Labute approximate surface area is 194 Å². The molecule has 0 fully saturated rings. The Bertz CT molecular complexity index is 8.92. The van der Waals surface area contributed by atoms with Crippen LogP contribution in [0.15, 0.2) is 0 Å². The summed E-state index contributed by atoms with van der Waals surface area (Å²) >= 11 is 0. The molecule has 0 bridgehead atoms. The zero-order valence-electron chi connectivity index (χ0n) is 3.71. The Hall–Kier alpha value is 6.49. The van der Waals surface area contributed by atoms with E-state index in [-0.39, 0.29) is 199 Å². The monoisotopic (exact) mass is 701 g/mol. The molecule has 0 nitrogen and oxygen atoms in total. The van der Waals surface area contributed by atoms with Crippen molar-refractivity contribution in [3.8, 4) is 0 Å². The summed E-state index contributed by atoms with van der Waals surface area (Å²) in [5.74, 6) is 0. The van der Waals surface area contributed by atoms with Gasteiger partial charge >= 0.3 is 0 Å². The maximum absolute atomic E-state index is 0. The van der Waals surface area contributed by atoms with Crippen LogP contribution in [0.4, 0.5) is 0 Å². The van der Waals surface area contributed by atoms with E-state index in [1.54, 1.807) is 0 Å². The molecule has 0 aliphatic heterocycles. The van der Waals surface area contributed by atoms with E-state index in [2.05, 4.69) is 0 Å². The molecular weight excluding hydrogens is 710 g/mol. The molecule has 0 aromatic carbocycles. The Balaban J connectivity index is 0. The van der Waals surface area contributed by atoms with Crippen LogP contribution in [0.25, 0.3) is 0 Å². The third kappa shape index (κ3) is 53.7. The fourth-order valence-corrected chi connectivity index (χ4v) is 0. The van der Waals surface area contributed by atoms with E-state index in [1.807, 2.05) is 0 Å². The van der Waals surface area contributed by atoms with Crippen molar-refractivity contribution in [2.24, 2.45) is 0 Å². The Morgan fingerprint density at radius 2 is 0.222 bits per heavy atom. The van der Waals surface area contributed by atoms with E-state index in [0.29, 0.717) is 0 Å². The molecule has 0 N–H and O–H groups in total. The maximum atomic E-state index is 0. The van der Waals surface area contributed by atoms with Crippen molar-refractivity contribution >= 4 is 0 Å². The molecule has 9 heavy (non-hydrogen) atoms. The number of rotatable bonds is 0. The van der Waals surface area contributed by atoms with Gasteiger partial charge in [0.2, 0.25) is 0 Å². The molecule has 0 atom stereocenters. The van der Waals surface area contributed by atoms with Crippen LogP contribution in [0, 0.1) is 0 Å². The molecule has 0 aromatic heterocycles. The average Bonchev–Trinajstić information content (AvgIpc) is 0. The minimum Gasteiger partial charge on any atom is 0 e. The van der Waals surface area contributed by atoms with Gasteiger partial charge in [0, 0.05) is 199 Å². The fraction of sp³-hybridized carbons (Fsp3) is 0. The molecule has 0 saturated heterocycles. The summed E-state index contributed by atoms with van der Waals surface area (Å²) in [6, 6.07) is 0. The summed E-state index contributed by atoms with van der Waals surface area (Å²) in [6.07, 6.45) is 0. The van der Waals surface area contributed by atoms with Gasteiger partial charge in [-0.2, -0.15) is 0 Å². The van der Waals surface area contributed by atoms with E-state index in [9.17, 15) is 0 Å². The van der Waals surface area contributed by atoms with E-state index >= 15 is 0 Å². The van der Waals surface area contributed by atoms with Crippen molar-refractivity contribution in [1.29, 1.82) is 0 Å². The second kappa shape index (κ2) is 62.6. The van der Waals surface area contributed by atoms with E-state index < -0.39 is 0 Å². The minimum absolute atomic E-state index is 0. The van der Waals surface area contributed by atoms with Gasteiger partial charge < -0.3 is 0 Å². The van der Waals surface area contributed by atoms with Crippen molar-refractivity contribution in [3.05, 3.63) is 0 Å². The Morgan fingerprint density at radius 3 is 0.222 bits per heavy atom. The molecule has 0 amide bonds. The van der Waals surface area contributed by atoms with Gasteiger partial charge in [-0.1, -0.05) is 0 Å². The van der Waals surface area contributed by atoms with Gasteiger partial charge in [0.15, 0.2) is 0 Å². The molecule has 0 aliphatic carbocycles. The zero-order valence-corrected chi connectivity index (χ0v) is 19.8. The molecule has 64 valence electrons. The van der Waals surface area contributed by atoms with Gasteiger partial charge in [-0.3, -0.25) is 0 Å². The quantitative estimate of drug-likeness (QED) is 0.311. The van der Waals surface area contributed by atoms with E-state index in [1.165, 1.54) is 0 Å². The van der Waals surface area contributed by atoms with Crippen molar-refractivity contribution in [2.75, 3.05) is 0 Å². The normalized spacial score (nSPS) is 0. The standard InChI is InChI=1S/4Cu.5Zr. The summed E-state index contributed by atoms with van der Waals surface area (Å²) in [4.78, 5) is 0. The minimum atomic E-state index is 0. The third-order valence-corrected chi connectivity index (χ3v) is 0. The van der Waals surface area contributed by atoms with Crippen LogP contribution in [0.5, 0.6) is 0 Å². The van der Waals surface area contributed by atoms with Crippen LogP contribution < -0.4 is 0 Å². The first-order valence-electron chi connectivity index (χ1n) is 0. The number of hydrogen-bond acceptors (Lipinski definition) is 0. The van der Waals surface area contributed by atoms with Crippen molar-refractivity contribution in [2.45, 2.75) is 0 Å². The second-order valence-corrected chi connectivity index (χ2v) is 0. The van der Waals surface area contributed by atoms with Crippen molar-refractivity contribution in [1.82, 2.24) is 0 Å². The predicted molar refractivity (Wildman–Crippen MR) is 0 cm³/mol. The fourth-order valence-electron chi connectivity index (χ4n) is 0. The van der Waals surface area contributed by atoms with Gasteiger partial charge in [-0.25, -0.2) is 0 Å². The first-order valence-corrected chi connectivity index (χ1v) is 0. The van der Waals surface area contributed by atoms with Crippen molar-refractivity contribution < 1.29 is 199 Å². The second-order valence-electron chi connectivity index (χ2n) is 0. The molecule has 0 aliphatic rings. The van der Waals surface area contributed by atoms with Crippen LogP contribution in [0.3, 0.4) is 0 Å². The first-order chi connectivity index (χ1) is 0. The van der Waals surface area contributed by atoms with Gasteiger partial charge in [-0.15, -0.1) is 0 Å². The van der Waals surface area contributed by atoms with Gasteiger partial charge in [0.25, 0.3) is 0 Å².